The Labute approximate surface area is 198 Å². The van der Waals surface area contributed by atoms with Crippen LogP contribution >= 0.6 is 0 Å². The van der Waals surface area contributed by atoms with Gasteiger partial charge in [-0.3, -0.25) is 19.3 Å². The lowest BCUT2D eigenvalue weighted by atomic mass is 10.1. The van der Waals surface area contributed by atoms with E-state index in [-0.39, 0.29) is 18.2 Å². The number of anilines is 2. The summed E-state index contributed by atoms with van der Waals surface area (Å²) in [5.41, 5.74) is 5.55. The first-order valence-corrected chi connectivity index (χ1v) is 11.0. The summed E-state index contributed by atoms with van der Waals surface area (Å²) in [5.74, 6) is -0.208. The largest absolute Gasteiger partial charge is 0.380 e. The summed E-state index contributed by atoms with van der Waals surface area (Å²) in [4.78, 5) is 30.9. The molecule has 0 aliphatic rings. The predicted molar refractivity (Wildman–Crippen MR) is 134 cm³/mol. The molecule has 4 aromatic rings. The Morgan fingerprint density at radius 1 is 1.06 bits per heavy atom. The van der Waals surface area contributed by atoms with E-state index in [4.69, 9.17) is 0 Å². The number of aryl methyl sites for hydroxylation is 2. The lowest BCUT2D eigenvalue weighted by Gasteiger charge is -2.13. The molecule has 2 heterocycles. The third-order valence-corrected chi connectivity index (χ3v) is 5.76. The van der Waals surface area contributed by atoms with E-state index in [9.17, 15) is 9.59 Å². The first kappa shape index (κ1) is 23.0. The molecule has 8 heteroatoms. The summed E-state index contributed by atoms with van der Waals surface area (Å²) in [6, 6.07) is 16.9. The number of amides is 2. The predicted octanol–water partition coefficient (Wildman–Crippen LogP) is 3.77. The van der Waals surface area contributed by atoms with E-state index < -0.39 is 0 Å². The summed E-state index contributed by atoms with van der Waals surface area (Å²) >= 11 is 0. The molecule has 0 aliphatic carbocycles. The number of nitrogens with zero attached hydrogens (tertiary/aromatic N) is 4. The van der Waals surface area contributed by atoms with Crippen molar-refractivity contribution in [1.29, 1.82) is 0 Å². The molecule has 2 aromatic carbocycles. The minimum absolute atomic E-state index is 0.00123. The number of hydrogen-bond acceptors (Lipinski definition) is 5. The van der Waals surface area contributed by atoms with Crippen molar-refractivity contribution in [3.05, 3.63) is 83.3 Å². The smallest absolute Gasteiger partial charge is 0.257 e. The highest BCUT2D eigenvalue weighted by Crippen LogP contribution is 2.23. The number of nitrogens with one attached hydrogen (secondary N) is 2. The number of aromatic nitrogens is 3. The zero-order chi connectivity index (χ0) is 24.2. The molecule has 174 valence electrons. The molecule has 0 fully saturated rings. The summed E-state index contributed by atoms with van der Waals surface area (Å²) < 4.78 is 1.83. The Kier molecular flexibility index (Phi) is 6.58. The highest BCUT2D eigenvalue weighted by Gasteiger charge is 2.13. The van der Waals surface area contributed by atoms with Crippen LogP contribution in [0.5, 0.6) is 0 Å². The first-order valence-electron chi connectivity index (χ1n) is 11.0. The van der Waals surface area contributed by atoms with E-state index in [1.807, 2.05) is 67.2 Å². The Balaban J connectivity index is 1.47. The van der Waals surface area contributed by atoms with Gasteiger partial charge in [0.1, 0.15) is 0 Å². The number of carbonyl (C=O) groups is 2. The summed E-state index contributed by atoms with van der Waals surface area (Å²) in [7, 11) is 5.36. The van der Waals surface area contributed by atoms with Crippen molar-refractivity contribution >= 4 is 34.1 Å². The number of fused-ring (bicyclic) bond motifs is 1. The standard InChI is InChI=1S/C26H28N6O2/c1-17-21-10-9-19(14-24(21)30-32(17)4)29-26(34)22-7-5-6-8-23(22)28-16-18-11-12-27-20(13-18)15-25(33)31(2)3/h5-14,28H,15-16H2,1-4H3,(H,29,34). The van der Waals surface area contributed by atoms with Gasteiger partial charge < -0.3 is 15.5 Å². The third-order valence-electron chi connectivity index (χ3n) is 5.76. The van der Waals surface area contributed by atoms with Crippen LogP contribution in [0.1, 0.15) is 27.3 Å². The van der Waals surface area contributed by atoms with E-state index in [0.29, 0.717) is 23.5 Å². The number of para-hydroxylation sites is 1. The minimum atomic E-state index is -0.206. The molecule has 0 bridgehead atoms. The monoisotopic (exact) mass is 456 g/mol. The number of carbonyl (C=O) groups excluding carboxylic acids is 2. The maximum absolute atomic E-state index is 13.1. The number of likely N-dealkylation sites (N-methyl/N-ethyl adjacent to an activating group) is 1. The quantitative estimate of drug-likeness (QED) is 0.442. The van der Waals surface area contributed by atoms with E-state index in [1.54, 1.807) is 31.3 Å². The van der Waals surface area contributed by atoms with Gasteiger partial charge in [0.2, 0.25) is 5.91 Å². The van der Waals surface area contributed by atoms with Crippen LogP contribution in [0, 0.1) is 6.92 Å². The average molecular weight is 457 g/mol. The van der Waals surface area contributed by atoms with Crippen LogP contribution in [0.4, 0.5) is 11.4 Å². The molecule has 2 aromatic heterocycles. The molecule has 2 N–H and O–H groups in total. The van der Waals surface area contributed by atoms with Gasteiger partial charge in [-0.15, -0.1) is 0 Å². The average Bonchev–Trinajstić information content (AvgIpc) is 3.10. The molecule has 0 aliphatic heterocycles. The second kappa shape index (κ2) is 9.74. The van der Waals surface area contributed by atoms with Crippen LogP contribution in [-0.4, -0.2) is 45.6 Å². The van der Waals surface area contributed by atoms with Crippen molar-refractivity contribution in [1.82, 2.24) is 19.7 Å². The van der Waals surface area contributed by atoms with Gasteiger partial charge in [-0.2, -0.15) is 5.10 Å². The van der Waals surface area contributed by atoms with Gasteiger partial charge in [-0.05, 0) is 55.0 Å². The highest BCUT2D eigenvalue weighted by molar-refractivity contribution is 6.08. The van der Waals surface area contributed by atoms with Gasteiger partial charge in [-0.1, -0.05) is 12.1 Å². The van der Waals surface area contributed by atoms with Gasteiger partial charge in [0.25, 0.3) is 5.91 Å². The van der Waals surface area contributed by atoms with Gasteiger partial charge >= 0.3 is 0 Å². The number of rotatable bonds is 7. The first-order chi connectivity index (χ1) is 16.3. The maximum atomic E-state index is 13.1. The fourth-order valence-electron chi connectivity index (χ4n) is 3.69. The molecule has 0 spiro atoms. The summed E-state index contributed by atoms with van der Waals surface area (Å²) in [5, 5.41) is 11.9. The van der Waals surface area contributed by atoms with Crippen molar-refractivity contribution in [3.8, 4) is 0 Å². The van der Waals surface area contributed by atoms with Crippen molar-refractivity contribution in [2.24, 2.45) is 7.05 Å². The number of pyridine rings is 1. The van der Waals surface area contributed by atoms with Crippen LogP contribution in [0.15, 0.2) is 60.8 Å². The molecule has 0 saturated heterocycles. The zero-order valence-corrected chi connectivity index (χ0v) is 19.8. The highest BCUT2D eigenvalue weighted by atomic mass is 16.2. The SMILES string of the molecule is Cc1c2ccc(NC(=O)c3ccccc3NCc3ccnc(CC(=O)N(C)C)c3)cc2nn1C. The van der Waals surface area contributed by atoms with Crippen LogP contribution in [0.3, 0.4) is 0 Å². The molecule has 0 saturated carbocycles. The second-order valence-corrected chi connectivity index (χ2v) is 8.41. The van der Waals surface area contributed by atoms with Crippen LogP contribution in [0.25, 0.3) is 10.9 Å². The lowest BCUT2D eigenvalue weighted by molar-refractivity contribution is -0.128. The van der Waals surface area contributed by atoms with Crippen LogP contribution < -0.4 is 10.6 Å². The van der Waals surface area contributed by atoms with Crippen molar-refractivity contribution in [3.63, 3.8) is 0 Å². The molecule has 0 unspecified atom stereocenters. The zero-order valence-electron chi connectivity index (χ0n) is 19.8. The fraction of sp³-hybridized carbons (Fsp3) is 0.231. The van der Waals surface area contributed by atoms with Crippen molar-refractivity contribution in [2.75, 3.05) is 24.7 Å². The Bertz CT molecular complexity index is 1360. The number of hydrogen-bond donors (Lipinski definition) is 2. The van der Waals surface area contributed by atoms with E-state index in [1.165, 1.54) is 0 Å². The molecular formula is C26H28N6O2. The van der Waals surface area contributed by atoms with Gasteiger partial charge in [-0.25, -0.2) is 0 Å². The van der Waals surface area contributed by atoms with Crippen LogP contribution in [0.2, 0.25) is 0 Å². The Morgan fingerprint density at radius 3 is 2.65 bits per heavy atom. The summed E-state index contributed by atoms with van der Waals surface area (Å²) in [6.45, 7) is 2.51. The Hall–Kier alpha value is -4.20. The lowest BCUT2D eigenvalue weighted by Crippen LogP contribution is -2.24. The second-order valence-electron chi connectivity index (χ2n) is 8.41. The molecular weight excluding hydrogens is 428 g/mol. The van der Waals surface area contributed by atoms with Crippen molar-refractivity contribution < 1.29 is 9.59 Å². The number of benzene rings is 2. The fourth-order valence-corrected chi connectivity index (χ4v) is 3.69. The molecule has 0 radical (unpaired) electrons. The minimum Gasteiger partial charge on any atom is -0.380 e. The van der Waals surface area contributed by atoms with E-state index in [2.05, 4.69) is 20.7 Å². The van der Waals surface area contributed by atoms with Gasteiger partial charge in [0, 0.05) is 62.0 Å². The van der Waals surface area contributed by atoms with E-state index in [0.717, 1.165) is 27.8 Å². The Morgan fingerprint density at radius 2 is 1.85 bits per heavy atom. The molecule has 34 heavy (non-hydrogen) atoms. The maximum Gasteiger partial charge on any atom is 0.257 e. The van der Waals surface area contributed by atoms with Crippen molar-refractivity contribution in [2.45, 2.75) is 19.9 Å². The van der Waals surface area contributed by atoms with Gasteiger partial charge in [0.05, 0.1) is 17.5 Å². The van der Waals surface area contributed by atoms with E-state index >= 15 is 0 Å². The summed E-state index contributed by atoms with van der Waals surface area (Å²) in [6.07, 6.45) is 1.95. The molecule has 8 nitrogen and oxygen atoms in total. The third kappa shape index (κ3) is 5.06. The van der Waals surface area contributed by atoms with Gasteiger partial charge in [0.15, 0.2) is 0 Å². The molecule has 2 amide bonds. The molecule has 0 atom stereocenters. The normalized spacial score (nSPS) is 10.8. The molecule has 4 rings (SSSR count). The topological polar surface area (TPSA) is 92.2 Å². The van der Waals surface area contributed by atoms with Crippen LogP contribution in [-0.2, 0) is 24.8 Å².